The number of nitrogens with zero attached hydrogens (tertiary/aromatic N) is 5. The highest BCUT2D eigenvalue weighted by molar-refractivity contribution is 6.08. The maximum Gasteiger partial charge on any atom is 0.272 e. The van der Waals surface area contributed by atoms with Gasteiger partial charge in [-0.05, 0) is 50.1 Å². The number of anilines is 1. The number of allylic oxidation sites excluding steroid dienone is 1. The van der Waals surface area contributed by atoms with E-state index in [4.69, 9.17) is 19.9 Å². The molecule has 3 aliphatic heterocycles. The quantitative estimate of drug-likeness (QED) is 0.374. The molecule has 0 saturated carbocycles. The van der Waals surface area contributed by atoms with Crippen molar-refractivity contribution in [3.8, 4) is 11.5 Å². The molecule has 1 aromatic heterocycles. The van der Waals surface area contributed by atoms with Crippen molar-refractivity contribution in [1.82, 2.24) is 19.3 Å². The summed E-state index contributed by atoms with van der Waals surface area (Å²) in [5.74, 6) is 1.80. The SMILES string of the molecule is C=C(N1CCC(N2CCOCC2)CC1)N1C=CN=C(C)/C1=C(/N)c1ccc(NC(=O)c2cc3c(OC)cccc3n2C)c(OC)c1. The molecule has 242 valence electrons. The van der Waals surface area contributed by atoms with Crippen LogP contribution in [0.15, 0.2) is 78.0 Å². The molecule has 46 heavy (non-hydrogen) atoms. The number of methoxy groups -OCH3 is 2. The zero-order valence-electron chi connectivity index (χ0n) is 27.1. The summed E-state index contributed by atoms with van der Waals surface area (Å²) in [4.78, 5) is 24.9. The predicted molar refractivity (Wildman–Crippen MR) is 182 cm³/mol. The molecule has 3 N–H and O–H groups in total. The van der Waals surface area contributed by atoms with Gasteiger partial charge < -0.3 is 34.7 Å². The predicted octanol–water partition coefficient (Wildman–Crippen LogP) is 4.59. The third-order valence-electron chi connectivity index (χ3n) is 9.25. The van der Waals surface area contributed by atoms with Crippen LogP contribution < -0.4 is 20.5 Å². The lowest BCUT2D eigenvalue weighted by molar-refractivity contribution is 0.00221. The van der Waals surface area contributed by atoms with Gasteiger partial charge in [0.15, 0.2) is 0 Å². The highest BCUT2D eigenvalue weighted by Crippen LogP contribution is 2.34. The van der Waals surface area contributed by atoms with Crippen LogP contribution in [0.25, 0.3) is 16.6 Å². The molecule has 3 aromatic rings. The fraction of sp³-hybridized carbons (Fsp3) is 0.371. The van der Waals surface area contributed by atoms with E-state index < -0.39 is 0 Å². The Bertz CT molecular complexity index is 1730. The van der Waals surface area contributed by atoms with Crippen molar-refractivity contribution >= 4 is 33.9 Å². The molecule has 11 nitrogen and oxygen atoms in total. The van der Waals surface area contributed by atoms with Crippen LogP contribution in [0, 0.1) is 0 Å². The van der Waals surface area contributed by atoms with Crippen molar-refractivity contribution in [1.29, 1.82) is 0 Å². The largest absolute Gasteiger partial charge is 0.496 e. The number of benzene rings is 2. The molecular formula is C35H43N7O4. The van der Waals surface area contributed by atoms with Gasteiger partial charge in [0.05, 0.1) is 55.7 Å². The number of carbonyl (C=O) groups is 1. The second-order valence-corrected chi connectivity index (χ2v) is 11.8. The fourth-order valence-electron chi connectivity index (χ4n) is 6.66. The second kappa shape index (κ2) is 13.3. The van der Waals surface area contributed by atoms with Crippen molar-refractivity contribution in [2.45, 2.75) is 25.8 Å². The third-order valence-corrected chi connectivity index (χ3v) is 9.25. The molecular weight excluding hydrogens is 582 g/mol. The highest BCUT2D eigenvalue weighted by atomic mass is 16.5. The molecule has 2 fully saturated rings. The van der Waals surface area contributed by atoms with Crippen LogP contribution in [0.3, 0.4) is 0 Å². The van der Waals surface area contributed by atoms with Crippen LogP contribution in [-0.4, -0.2) is 90.5 Å². The van der Waals surface area contributed by atoms with Gasteiger partial charge >= 0.3 is 0 Å². The van der Waals surface area contributed by atoms with Gasteiger partial charge in [0.1, 0.15) is 23.0 Å². The van der Waals surface area contributed by atoms with Gasteiger partial charge in [0.2, 0.25) is 0 Å². The summed E-state index contributed by atoms with van der Waals surface area (Å²) < 4.78 is 18.6. The van der Waals surface area contributed by atoms with Crippen molar-refractivity contribution < 1.29 is 19.0 Å². The first-order valence-corrected chi connectivity index (χ1v) is 15.7. The topological polar surface area (TPSA) is 110 Å². The molecule has 2 saturated heterocycles. The van der Waals surface area contributed by atoms with Crippen molar-refractivity contribution in [3.05, 3.63) is 84.2 Å². The number of morpholine rings is 1. The number of aromatic nitrogens is 1. The van der Waals surface area contributed by atoms with Crippen LogP contribution in [0.4, 0.5) is 5.69 Å². The van der Waals surface area contributed by atoms with Crippen LogP contribution in [-0.2, 0) is 11.8 Å². The van der Waals surface area contributed by atoms with Crippen molar-refractivity contribution in [2.24, 2.45) is 17.8 Å². The molecule has 2 aromatic carbocycles. The lowest BCUT2D eigenvalue weighted by Gasteiger charge is -2.43. The number of ether oxygens (including phenoxy) is 3. The van der Waals surface area contributed by atoms with Gasteiger partial charge in [0, 0.05) is 62.6 Å². The lowest BCUT2D eigenvalue weighted by atomic mass is 10.0. The number of carbonyl (C=O) groups excluding carboxylic acids is 1. The molecule has 4 heterocycles. The number of rotatable bonds is 8. The van der Waals surface area contributed by atoms with E-state index in [0.29, 0.717) is 34.6 Å². The minimum atomic E-state index is -0.265. The first-order chi connectivity index (χ1) is 22.3. The summed E-state index contributed by atoms with van der Waals surface area (Å²) in [7, 11) is 5.05. The minimum Gasteiger partial charge on any atom is -0.496 e. The summed E-state index contributed by atoms with van der Waals surface area (Å²) in [5, 5.41) is 3.88. The Hall–Kier alpha value is -4.74. The first-order valence-electron chi connectivity index (χ1n) is 15.7. The van der Waals surface area contributed by atoms with Gasteiger partial charge in [-0.1, -0.05) is 18.7 Å². The number of nitrogens with two attached hydrogens (primary N) is 1. The highest BCUT2D eigenvalue weighted by Gasteiger charge is 2.30. The van der Waals surface area contributed by atoms with E-state index in [1.165, 1.54) is 0 Å². The Kier molecular flexibility index (Phi) is 9.05. The van der Waals surface area contributed by atoms with E-state index in [2.05, 4.69) is 26.7 Å². The normalized spacial score (nSPS) is 18.8. The molecule has 0 bridgehead atoms. The maximum absolute atomic E-state index is 13.4. The van der Waals surface area contributed by atoms with Crippen LogP contribution in [0.2, 0.25) is 0 Å². The summed E-state index contributed by atoms with van der Waals surface area (Å²) in [6, 6.07) is 13.7. The minimum absolute atomic E-state index is 0.265. The molecule has 6 rings (SSSR count). The van der Waals surface area contributed by atoms with Crippen molar-refractivity contribution in [3.63, 3.8) is 0 Å². The zero-order chi connectivity index (χ0) is 32.4. The van der Waals surface area contributed by atoms with Crippen molar-refractivity contribution in [2.75, 3.05) is 58.9 Å². The molecule has 0 atom stereocenters. The number of hydrogen-bond donors (Lipinski definition) is 2. The number of fused-ring (bicyclic) bond motifs is 1. The van der Waals surface area contributed by atoms with Gasteiger partial charge in [0.25, 0.3) is 5.91 Å². The Morgan fingerprint density at radius 3 is 2.50 bits per heavy atom. The smallest absolute Gasteiger partial charge is 0.272 e. The Morgan fingerprint density at radius 1 is 1.04 bits per heavy atom. The van der Waals surface area contributed by atoms with E-state index in [0.717, 1.165) is 85.9 Å². The summed E-state index contributed by atoms with van der Waals surface area (Å²) in [5.41, 5.74) is 11.6. The van der Waals surface area contributed by atoms with E-state index in [1.807, 2.05) is 72.1 Å². The Balaban J connectivity index is 1.21. The van der Waals surface area contributed by atoms with Gasteiger partial charge in [-0.25, -0.2) is 0 Å². The molecule has 0 radical (unpaired) electrons. The first kappa shape index (κ1) is 31.3. The van der Waals surface area contributed by atoms with Crippen LogP contribution >= 0.6 is 0 Å². The monoisotopic (exact) mass is 625 g/mol. The van der Waals surface area contributed by atoms with Gasteiger partial charge in [-0.2, -0.15) is 0 Å². The molecule has 1 amide bonds. The zero-order valence-corrected chi connectivity index (χ0v) is 27.1. The Labute approximate surface area is 270 Å². The average molecular weight is 626 g/mol. The number of piperidine rings is 1. The third kappa shape index (κ3) is 5.95. The lowest BCUT2D eigenvalue weighted by Crippen LogP contribution is -2.49. The van der Waals surface area contributed by atoms with Gasteiger partial charge in [-0.15, -0.1) is 0 Å². The van der Waals surface area contributed by atoms with E-state index in [-0.39, 0.29) is 5.91 Å². The molecule has 0 spiro atoms. The number of aliphatic imine (C=N–C) groups is 1. The summed E-state index contributed by atoms with van der Waals surface area (Å²) in [6.45, 7) is 11.9. The number of hydrogen-bond acceptors (Lipinski definition) is 9. The van der Waals surface area contributed by atoms with E-state index >= 15 is 0 Å². The number of nitrogens with one attached hydrogen (secondary N) is 1. The standard InChI is InChI=1S/C35H43N7O4/c1-23-34(42(16-13-37-23)24(2)40-14-11-26(12-15-40)41-17-19-46-20-18-41)33(36)25-9-10-28(32(21-25)45-5)38-35(43)30-22-27-29(39(30)3)7-6-8-31(27)44-4/h6-10,13,16,21-22,26H,2,11-12,14-15,17-20,36H2,1,3-5H3,(H,38,43)/b34-33-. The summed E-state index contributed by atoms with van der Waals surface area (Å²) in [6.07, 6.45) is 5.85. The molecule has 0 aliphatic carbocycles. The number of likely N-dealkylation sites (tertiary alicyclic amines) is 1. The number of aryl methyl sites for hydroxylation is 1. The molecule has 0 unspecified atom stereocenters. The summed E-state index contributed by atoms with van der Waals surface area (Å²) >= 11 is 0. The van der Waals surface area contributed by atoms with Crippen LogP contribution in [0.5, 0.6) is 11.5 Å². The van der Waals surface area contributed by atoms with Gasteiger partial charge in [-0.3, -0.25) is 19.6 Å². The fourth-order valence-corrected chi connectivity index (χ4v) is 6.66. The maximum atomic E-state index is 13.4. The molecule has 11 heteroatoms. The molecule has 3 aliphatic rings. The second-order valence-electron chi connectivity index (χ2n) is 11.8. The van der Waals surface area contributed by atoms with E-state index in [1.54, 1.807) is 20.4 Å². The van der Waals surface area contributed by atoms with E-state index in [9.17, 15) is 4.79 Å². The van der Waals surface area contributed by atoms with Crippen LogP contribution in [0.1, 0.15) is 35.8 Å². The average Bonchev–Trinajstić information content (AvgIpc) is 3.44. The number of amides is 1. The Morgan fingerprint density at radius 2 is 1.78 bits per heavy atom.